The predicted molar refractivity (Wildman–Crippen MR) is 80.8 cm³/mol. The Morgan fingerprint density at radius 1 is 1.33 bits per heavy atom. The summed E-state index contributed by atoms with van der Waals surface area (Å²) in [5.74, 6) is 2.17. The van der Waals surface area contributed by atoms with E-state index in [2.05, 4.69) is 15.5 Å². The number of hydrogen-bond donors (Lipinski definition) is 1. The molecule has 0 amide bonds. The maximum Gasteiger partial charge on any atom is 0.182 e. The van der Waals surface area contributed by atoms with Gasteiger partial charge in [0.2, 0.25) is 0 Å². The van der Waals surface area contributed by atoms with Gasteiger partial charge in [-0.15, -0.1) is 5.10 Å². The van der Waals surface area contributed by atoms with E-state index < -0.39 is 0 Å². The Kier molecular flexibility index (Phi) is 4.03. The van der Waals surface area contributed by atoms with Crippen molar-refractivity contribution in [3.63, 3.8) is 0 Å². The van der Waals surface area contributed by atoms with Crippen molar-refractivity contribution in [1.82, 2.24) is 20.2 Å². The van der Waals surface area contributed by atoms with Crippen molar-refractivity contribution >= 4 is 5.69 Å². The van der Waals surface area contributed by atoms with E-state index in [1.165, 1.54) is 25.7 Å². The zero-order valence-electron chi connectivity index (χ0n) is 12.3. The highest BCUT2D eigenvalue weighted by atomic mass is 16.5. The first-order valence-electron chi connectivity index (χ1n) is 7.56. The van der Waals surface area contributed by atoms with Gasteiger partial charge in [-0.05, 0) is 54.3 Å². The largest absolute Gasteiger partial charge is 0.492 e. The maximum absolute atomic E-state index is 6.02. The van der Waals surface area contributed by atoms with E-state index in [9.17, 15) is 0 Å². The fourth-order valence-electron chi connectivity index (χ4n) is 2.95. The summed E-state index contributed by atoms with van der Waals surface area (Å²) in [6, 6.07) is 5.71. The molecule has 2 aromatic rings. The second-order valence-electron chi connectivity index (χ2n) is 5.52. The first kappa shape index (κ1) is 13.9. The second kappa shape index (κ2) is 6.11. The third-order valence-electron chi connectivity index (χ3n) is 4.01. The molecule has 1 aromatic carbocycles. The van der Waals surface area contributed by atoms with Gasteiger partial charge in [0.25, 0.3) is 0 Å². The molecule has 1 heterocycles. The van der Waals surface area contributed by atoms with Gasteiger partial charge in [-0.25, -0.2) is 4.68 Å². The lowest BCUT2D eigenvalue weighted by Crippen LogP contribution is -2.10. The fourth-order valence-corrected chi connectivity index (χ4v) is 2.95. The molecule has 1 fully saturated rings. The molecule has 0 spiro atoms. The van der Waals surface area contributed by atoms with Crippen LogP contribution in [0.2, 0.25) is 0 Å². The van der Waals surface area contributed by atoms with Crippen LogP contribution in [-0.4, -0.2) is 26.8 Å². The number of rotatable bonds is 5. The van der Waals surface area contributed by atoms with Crippen LogP contribution >= 0.6 is 0 Å². The molecular formula is C15H21N5O. The molecule has 6 heteroatoms. The molecule has 21 heavy (non-hydrogen) atoms. The monoisotopic (exact) mass is 287 g/mol. The first-order chi connectivity index (χ1) is 10.3. The van der Waals surface area contributed by atoms with E-state index in [1.54, 1.807) is 0 Å². The Bertz CT molecular complexity index is 604. The van der Waals surface area contributed by atoms with E-state index in [-0.39, 0.29) is 0 Å². The zero-order valence-corrected chi connectivity index (χ0v) is 12.3. The van der Waals surface area contributed by atoms with Gasteiger partial charge in [0, 0.05) is 12.1 Å². The highest BCUT2D eigenvalue weighted by Crippen LogP contribution is 2.30. The molecule has 112 valence electrons. The lowest BCUT2D eigenvalue weighted by atomic mass is 10.1. The van der Waals surface area contributed by atoms with Gasteiger partial charge < -0.3 is 10.5 Å². The van der Waals surface area contributed by atoms with Crippen LogP contribution in [0.15, 0.2) is 18.2 Å². The summed E-state index contributed by atoms with van der Waals surface area (Å²) in [5, 5.41) is 12.1. The summed E-state index contributed by atoms with van der Waals surface area (Å²) >= 11 is 0. The minimum atomic E-state index is 0.600. The third-order valence-corrected chi connectivity index (χ3v) is 4.01. The summed E-state index contributed by atoms with van der Waals surface area (Å²) in [6.45, 7) is 3.42. The standard InChI is InChI=1S/C15H21N5O/c1-2-21-14-8-7-12(9-13(14)16)15-17-18-19-20(15)10-11-5-3-4-6-11/h7-9,11H,2-6,10,16H2,1H3. The van der Waals surface area contributed by atoms with E-state index in [4.69, 9.17) is 10.5 Å². The van der Waals surface area contributed by atoms with Gasteiger partial charge in [0.1, 0.15) is 5.75 Å². The second-order valence-corrected chi connectivity index (χ2v) is 5.52. The zero-order chi connectivity index (χ0) is 14.7. The Morgan fingerprint density at radius 2 is 2.14 bits per heavy atom. The minimum Gasteiger partial charge on any atom is -0.492 e. The van der Waals surface area contributed by atoms with Crippen molar-refractivity contribution in [2.45, 2.75) is 39.2 Å². The molecule has 0 atom stereocenters. The third kappa shape index (κ3) is 2.99. The van der Waals surface area contributed by atoms with E-state index >= 15 is 0 Å². The highest BCUT2D eigenvalue weighted by molar-refractivity contribution is 5.66. The van der Waals surface area contributed by atoms with Crippen LogP contribution < -0.4 is 10.5 Å². The number of aromatic nitrogens is 4. The maximum atomic E-state index is 6.02. The van der Waals surface area contributed by atoms with Gasteiger partial charge >= 0.3 is 0 Å². The lowest BCUT2D eigenvalue weighted by molar-refractivity contribution is 0.342. The average molecular weight is 287 g/mol. The van der Waals surface area contributed by atoms with Crippen LogP contribution in [0.1, 0.15) is 32.6 Å². The van der Waals surface area contributed by atoms with E-state index in [0.717, 1.165) is 17.9 Å². The summed E-state index contributed by atoms with van der Waals surface area (Å²) in [7, 11) is 0. The number of hydrogen-bond acceptors (Lipinski definition) is 5. The number of tetrazole rings is 1. The lowest BCUT2D eigenvalue weighted by Gasteiger charge is -2.11. The molecule has 1 aliphatic rings. The fraction of sp³-hybridized carbons (Fsp3) is 0.533. The quantitative estimate of drug-likeness (QED) is 0.855. The van der Waals surface area contributed by atoms with Crippen molar-refractivity contribution < 1.29 is 4.74 Å². The SMILES string of the molecule is CCOc1ccc(-c2nnnn2CC2CCCC2)cc1N. The van der Waals surface area contributed by atoms with Crippen LogP contribution in [0.25, 0.3) is 11.4 Å². The van der Waals surface area contributed by atoms with Crippen molar-refractivity contribution in [2.24, 2.45) is 5.92 Å². The van der Waals surface area contributed by atoms with Gasteiger partial charge in [-0.3, -0.25) is 0 Å². The highest BCUT2D eigenvalue weighted by Gasteiger charge is 2.19. The molecule has 0 aliphatic heterocycles. The smallest absolute Gasteiger partial charge is 0.182 e. The molecule has 0 saturated heterocycles. The predicted octanol–water partition coefficient (Wildman–Crippen LogP) is 2.51. The van der Waals surface area contributed by atoms with Crippen LogP contribution in [0.3, 0.4) is 0 Å². The molecule has 0 unspecified atom stereocenters. The van der Waals surface area contributed by atoms with Crippen molar-refractivity contribution in [2.75, 3.05) is 12.3 Å². The number of anilines is 1. The number of nitrogen functional groups attached to an aromatic ring is 1. The number of ether oxygens (including phenoxy) is 1. The summed E-state index contributed by atoms with van der Waals surface area (Å²) < 4.78 is 7.36. The van der Waals surface area contributed by atoms with Crippen LogP contribution in [-0.2, 0) is 6.54 Å². The molecule has 1 aromatic heterocycles. The molecular weight excluding hydrogens is 266 g/mol. The topological polar surface area (TPSA) is 78.9 Å². The van der Waals surface area contributed by atoms with Gasteiger partial charge in [-0.1, -0.05) is 12.8 Å². The summed E-state index contributed by atoms with van der Waals surface area (Å²) in [4.78, 5) is 0. The van der Waals surface area contributed by atoms with E-state index in [0.29, 0.717) is 24.0 Å². The molecule has 0 bridgehead atoms. The Morgan fingerprint density at radius 3 is 2.86 bits per heavy atom. The number of nitrogens with two attached hydrogens (primary N) is 1. The average Bonchev–Trinajstić information content (AvgIpc) is 3.13. The van der Waals surface area contributed by atoms with Crippen molar-refractivity contribution in [3.05, 3.63) is 18.2 Å². The number of nitrogens with zero attached hydrogens (tertiary/aromatic N) is 4. The summed E-state index contributed by atoms with van der Waals surface area (Å²) in [6.07, 6.45) is 5.17. The van der Waals surface area contributed by atoms with E-state index in [1.807, 2.05) is 29.8 Å². The van der Waals surface area contributed by atoms with Gasteiger partial charge in [0.15, 0.2) is 5.82 Å². The van der Waals surface area contributed by atoms with Crippen LogP contribution in [0.4, 0.5) is 5.69 Å². The molecule has 1 saturated carbocycles. The van der Waals surface area contributed by atoms with Crippen molar-refractivity contribution in [1.29, 1.82) is 0 Å². The molecule has 6 nitrogen and oxygen atoms in total. The first-order valence-corrected chi connectivity index (χ1v) is 7.56. The number of benzene rings is 1. The van der Waals surface area contributed by atoms with Crippen molar-refractivity contribution in [3.8, 4) is 17.1 Å². The van der Waals surface area contributed by atoms with Crippen LogP contribution in [0, 0.1) is 5.92 Å². The molecule has 1 aliphatic carbocycles. The minimum absolute atomic E-state index is 0.600. The summed E-state index contributed by atoms with van der Waals surface area (Å²) in [5.41, 5.74) is 7.57. The Balaban J connectivity index is 1.83. The Labute approximate surface area is 124 Å². The molecule has 3 rings (SSSR count). The Hall–Kier alpha value is -2.11. The van der Waals surface area contributed by atoms with Gasteiger partial charge in [-0.2, -0.15) is 0 Å². The van der Waals surface area contributed by atoms with Crippen LogP contribution in [0.5, 0.6) is 5.75 Å². The van der Waals surface area contributed by atoms with Gasteiger partial charge in [0.05, 0.1) is 12.3 Å². The molecule has 0 radical (unpaired) electrons. The molecule has 2 N–H and O–H groups in total. The normalized spacial score (nSPS) is 15.5.